The van der Waals surface area contributed by atoms with Crippen LogP contribution in [0.25, 0.3) is 0 Å². The number of non-ortho nitro benzene ring substituents is 1. The Morgan fingerprint density at radius 1 is 1.22 bits per heavy atom. The maximum atomic E-state index is 10.9. The third kappa shape index (κ3) is 4.51. The van der Waals surface area contributed by atoms with E-state index >= 15 is 0 Å². The van der Waals surface area contributed by atoms with E-state index in [-0.39, 0.29) is 11.7 Å². The van der Waals surface area contributed by atoms with Crippen molar-refractivity contribution < 1.29 is 10.0 Å². The lowest BCUT2D eigenvalue weighted by molar-refractivity contribution is -0.384. The standard InChI is InChI=1S/C17H19ClN2O3/c1-12(14-4-3-5-16(10-14)20(22)23)19(2)11-17(21)13-6-8-15(18)9-7-13/h3-10,12,17,21H,11H2,1-2H3/t12-,17-/m0/s1. The molecule has 0 radical (unpaired) electrons. The molecule has 122 valence electrons. The van der Waals surface area contributed by atoms with Crippen LogP contribution < -0.4 is 0 Å². The minimum atomic E-state index is -0.654. The summed E-state index contributed by atoms with van der Waals surface area (Å²) in [6.45, 7) is 2.36. The molecule has 5 nitrogen and oxygen atoms in total. The molecule has 0 bridgehead atoms. The van der Waals surface area contributed by atoms with E-state index in [1.54, 1.807) is 36.4 Å². The molecule has 6 heteroatoms. The average molecular weight is 335 g/mol. The first kappa shape index (κ1) is 17.4. The lowest BCUT2D eigenvalue weighted by atomic mass is 10.0. The van der Waals surface area contributed by atoms with Gasteiger partial charge in [0.05, 0.1) is 11.0 Å². The van der Waals surface area contributed by atoms with Crippen LogP contribution >= 0.6 is 11.6 Å². The third-order valence-corrected chi connectivity index (χ3v) is 4.19. The molecule has 2 aromatic rings. The Morgan fingerprint density at radius 3 is 2.48 bits per heavy atom. The van der Waals surface area contributed by atoms with Crippen LogP contribution in [0.15, 0.2) is 48.5 Å². The van der Waals surface area contributed by atoms with Gasteiger partial charge in [-0.2, -0.15) is 0 Å². The van der Waals surface area contributed by atoms with Gasteiger partial charge in [-0.3, -0.25) is 15.0 Å². The molecule has 2 aromatic carbocycles. The monoisotopic (exact) mass is 334 g/mol. The van der Waals surface area contributed by atoms with Crippen LogP contribution in [0.5, 0.6) is 0 Å². The fraction of sp³-hybridized carbons (Fsp3) is 0.294. The third-order valence-electron chi connectivity index (χ3n) is 3.94. The number of hydrogen-bond acceptors (Lipinski definition) is 4. The molecule has 0 saturated heterocycles. The van der Waals surface area contributed by atoms with Gasteiger partial charge >= 0.3 is 0 Å². The zero-order valence-corrected chi connectivity index (χ0v) is 13.8. The first-order chi connectivity index (χ1) is 10.9. The number of nitrogens with zero attached hydrogens (tertiary/aromatic N) is 2. The summed E-state index contributed by atoms with van der Waals surface area (Å²) in [4.78, 5) is 12.4. The largest absolute Gasteiger partial charge is 0.387 e. The summed E-state index contributed by atoms with van der Waals surface area (Å²) in [6.07, 6.45) is -0.654. The number of nitro groups is 1. The van der Waals surface area contributed by atoms with Gasteiger partial charge in [-0.15, -0.1) is 0 Å². The van der Waals surface area contributed by atoms with Crippen LogP contribution in [0.2, 0.25) is 5.02 Å². The molecule has 23 heavy (non-hydrogen) atoms. The van der Waals surface area contributed by atoms with Crippen molar-refractivity contribution in [3.63, 3.8) is 0 Å². The number of hydrogen-bond donors (Lipinski definition) is 1. The number of likely N-dealkylation sites (N-methyl/N-ethyl adjacent to an activating group) is 1. The van der Waals surface area contributed by atoms with Crippen molar-refractivity contribution in [2.75, 3.05) is 13.6 Å². The van der Waals surface area contributed by atoms with Crippen molar-refractivity contribution in [2.45, 2.75) is 19.1 Å². The van der Waals surface area contributed by atoms with Crippen molar-refractivity contribution in [1.29, 1.82) is 0 Å². The molecule has 0 aliphatic rings. The summed E-state index contributed by atoms with van der Waals surface area (Å²) in [5, 5.41) is 21.8. The van der Waals surface area contributed by atoms with Gasteiger partial charge in [0.15, 0.2) is 0 Å². The van der Waals surface area contributed by atoms with Crippen molar-refractivity contribution in [3.8, 4) is 0 Å². The highest BCUT2D eigenvalue weighted by Crippen LogP contribution is 2.25. The van der Waals surface area contributed by atoms with E-state index in [2.05, 4.69) is 0 Å². The molecule has 0 fully saturated rings. The van der Waals surface area contributed by atoms with Crippen LogP contribution in [0.4, 0.5) is 5.69 Å². The second kappa shape index (κ2) is 7.55. The maximum absolute atomic E-state index is 10.9. The molecular formula is C17H19ClN2O3. The zero-order valence-electron chi connectivity index (χ0n) is 13.0. The number of aliphatic hydroxyl groups is 1. The Balaban J connectivity index is 2.07. The molecule has 0 aliphatic heterocycles. The summed E-state index contributed by atoms with van der Waals surface area (Å²) in [6, 6.07) is 13.6. The summed E-state index contributed by atoms with van der Waals surface area (Å²) in [7, 11) is 1.88. The first-order valence-electron chi connectivity index (χ1n) is 7.26. The molecule has 0 aliphatic carbocycles. The minimum absolute atomic E-state index is 0.0585. The SMILES string of the molecule is C[C@@H](c1cccc([N+](=O)[O-])c1)N(C)C[C@H](O)c1ccc(Cl)cc1. The molecule has 0 heterocycles. The number of nitro benzene ring substituents is 1. The van der Waals surface area contributed by atoms with Crippen LogP contribution in [0.3, 0.4) is 0 Å². The van der Waals surface area contributed by atoms with Crippen molar-refractivity contribution in [1.82, 2.24) is 4.90 Å². The smallest absolute Gasteiger partial charge is 0.269 e. The van der Waals surface area contributed by atoms with E-state index in [1.165, 1.54) is 6.07 Å². The summed E-state index contributed by atoms with van der Waals surface area (Å²) in [5.74, 6) is 0. The van der Waals surface area contributed by atoms with Gasteiger partial charge in [0.2, 0.25) is 0 Å². The molecule has 0 saturated carbocycles. The van der Waals surface area contributed by atoms with E-state index in [1.807, 2.05) is 24.9 Å². The van der Waals surface area contributed by atoms with E-state index < -0.39 is 11.0 Å². The maximum Gasteiger partial charge on any atom is 0.269 e. The predicted molar refractivity (Wildman–Crippen MR) is 90.6 cm³/mol. The predicted octanol–water partition coefficient (Wildman–Crippen LogP) is 3.97. The Morgan fingerprint density at radius 2 is 1.87 bits per heavy atom. The molecule has 0 aromatic heterocycles. The second-order valence-electron chi connectivity index (χ2n) is 5.53. The Kier molecular flexibility index (Phi) is 5.71. The van der Waals surface area contributed by atoms with Crippen LogP contribution in [0, 0.1) is 10.1 Å². The van der Waals surface area contributed by atoms with Gasteiger partial charge in [0.1, 0.15) is 0 Å². The van der Waals surface area contributed by atoms with Gasteiger partial charge in [0.25, 0.3) is 5.69 Å². The quantitative estimate of drug-likeness (QED) is 0.641. The lowest BCUT2D eigenvalue weighted by Gasteiger charge is -2.27. The number of aliphatic hydroxyl groups excluding tert-OH is 1. The van der Waals surface area contributed by atoms with Crippen LogP contribution in [-0.4, -0.2) is 28.5 Å². The fourth-order valence-corrected chi connectivity index (χ4v) is 2.50. The highest BCUT2D eigenvalue weighted by molar-refractivity contribution is 6.30. The second-order valence-corrected chi connectivity index (χ2v) is 5.97. The zero-order chi connectivity index (χ0) is 17.0. The van der Waals surface area contributed by atoms with Crippen LogP contribution in [-0.2, 0) is 0 Å². The van der Waals surface area contributed by atoms with Gasteiger partial charge in [0, 0.05) is 29.7 Å². The summed E-state index contributed by atoms with van der Waals surface area (Å²) >= 11 is 5.85. The van der Waals surface area contributed by atoms with Gasteiger partial charge in [-0.25, -0.2) is 0 Å². The van der Waals surface area contributed by atoms with E-state index in [9.17, 15) is 15.2 Å². The number of rotatable bonds is 6. The normalized spacial score (nSPS) is 13.8. The van der Waals surface area contributed by atoms with Gasteiger partial charge in [-0.1, -0.05) is 35.9 Å². The molecule has 1 N–H and O–H groups in total. The van der Waals surface area contributed by atoms with E-state index in [0.29, 0.717) is 11.6 Å². The Hall–Kier alpha value is -1.95. The summed E-state index contributed by atoms with van der Waals surface area (Å²) < 4.78 is 0. The topological polar surface area (TPSA) is 66.6 Å². The van der Waals surface area contributed by atoms with Gasteiger partial charge in [-0.05, 0) is 37.2 Å². The molecular weight excluding hydrogens is 316 g/mol. The van der Waals surface area contributed by atoms with Crippen molar-refractivity contribution >= 4 is 17.3 Å². The molecule has 2 rings (SSSR count). The number of benzene rings is 2. The summed E-state index contributed by atoms with van der Waals surface area (Å²) in [5.41, 5.74) is 1.69. The average Bonchev–Trinajstić information content (AvgIpc) is 2.54. The molecule has 0 spiro atoms. The van der Waals surface area contributed by atoms with Crippen molar-refractivity contribution in [3.05, 3.63) is 74.8 Å². The fourth-order valence-electron chi connectivity index (χ4n) is 2.37. The molecule has 0 unspecified atom stereocenters. The highest BCUT2D eigenvalue weighted by Gasteiger charge is 2.18. The van der Waals surface area contributed by atoms with E-state index in [4.69, 9.17) is 11.6 Å². The van der Waals surface area contributed by atoms with Crippen molar-refractivity contribution in [2.24, 2.45) is 0 Å². The van der Waals surface area contributed by atoms with Gasteiger partial charge < -0.3 is 5.11 Å². The first-order valence-corrected chi connectivity index (χ1v) is 7.64. The lowest BCUT2D eigenvalue weighted by Crippen LogP contribution is -2.27. The Labute approximate surface area is 140 Å². The van der Waals surface area contributed by atoms with Crippen LogP contribution in [0.1, 0.15) is 30.2 Å². The Bertz CT molecular complexity index is 676. The number of halogens is 1. The minimum Gasteiger partial charge on any atom is -0.387 e. The highest BCUT2D eigenvalue weighted by atomic mass is 35.5. The molecule has 2 atom stereocenters. The molecule has 0 amide bonds. The van der Waals surface area contributed by atoms with E-state index in [0.717, 1.165) is 11.1 Å².